The lowest BCUT2D eigenvalue weighted by molar-refractivity contribution is 0.103. The summed E-state index contributed by atoms with van der Waals surface area (Å²) in [6.07, 6.45) is 6.19. The first kappa shape index (κ1) is 16.0. The normalized spacial score (nSPS) is 11.1. The molecule has 0 fully saturated rings. The van der Waals surface area contributed by atoms with Crippen LogP contribution in [-0.2, 0) is 6.54 Å². The van der Waals surface area contributed by atoms with Crippen molar-refractivity contribution in [2.24, 2.45) is 0 Å². The van der Waals surface area contributed by atoms with Gasteiger partial charge in [-0.15, -0.1) is 0 Å². The smallest absolute Gasteiger partial charge is 0.209 e. The molecular weight excluding hydrogens is 294 g/mol. The quantitative estimate of drug-likeness (QED) is 0.604. The van der Waals surface area contributed by atoms with Crippen LogP contribution in [0.3, 0.4) is 0 Å². The SMILES string of the molecule is Cc1ccc(C(=O)c2cc(C)cn2C/C=C/c2ccccc2)cc1. The zero-order valence-corrected chi connectivity index (χ0v) is 14.1. The van der Waals surface area contributed by atoms with Gasteiger partial charge in [-0.05, 0) is 31.0 Å². The second-order valence-corrected chi connectivity index (χ2v) is 6.06. The monoisotopic (exact) mass is 315 g/mol. The number of rotatable bonds is 5. The van der Waals surface area contributed by atoms with Crippen LogP contribution in [0.15, 0.2) is 72.9 Å². The predicted octanol–water partition coefficient (Wildman–Crippen LogP) is 5.05. The van der Waals surface area contributed by atoms with Crippen molar-refractivity contribution in [3.05, 3.63) is 101 Å². The van der Waals surface area contributed by atoms with Crippen LogP contribution >= 0.6 is 0 Å². The van der Waals surface area contributed by atoms with E-state index in [1.54, 1.807) is 0 Å². The highest BCUT2D eigenvalue weighted by molar-refractivity contribution is 6.08. The van der Waals surface area contributed by atoms with Gasteiger partial charge in [-0.2, -0.15) is 0 Å². The number of hydrogen-bond donors (Lipinski definition) is 0. The van der Waals surface area contributed by atoms with E-state index < -0.39 is 0 Å². The lowest BCUT2D eigenvalue weighted by Gasteiger charge is -2.06. The summed E-state index contributed by atoms with van der Waals surface area (Å²) in [7, 11) is 0. The Hall–Kier alpha value is -2.87. The number of ketones is 1. The fourth-order valence-electron chi connectivity index (χ4n) is 2.72. The standard InChI is InChI=1S/C22H21NO/c1-17-10-12-20(13-11-17)22(24)21-15-18(2)16-23(21)14-6-9-19-7-4-3-5-8-19/h3-13,15-16H,14H2,1-2H3/b9-6+. The van der Waals surface area contributed by atoms with Crippen LogP contribution in [0.2, 0.25) is 0 Å². The highest BCUT2D eigenvalue weighted by Gasteiger charge is 2.14. The Morgan fingerprint density at radius 1 is 0.958 bits per heavy atom. The molecule has 0 saturated carbocycles. The van der Waals surface area contributed by atoms with Crippen molar-refractivity contribution in [2.75, 3.05) is 0 Å². The van der Waals surface area contributed by atoms with E-state index in [2.05, 4.69) is 24.3 Å². The third-order valence-corrected chi connectivity index (χ3v) is 3.99. The molecule has 2 heteroatoms. The van der Waals surface area contributed by atoms with Crippen molar-refractivity contribution in [1.29, 1.82) is 0 Å². The van der Waals surface area contributed by atoms with Gasteiger partial charge in [-0.25, -0.2) is 0 Å². The summed E-state index contributed by atoms with van der Waals surface area (Å²) in [5.41, 5.74) is 4.87. The molecule has 1 heterocycles. The molecular formula is C22H21NO. The highest BCUT2D eigenvalue weighted by atomic mass is 16.1. The summed E-state index contributed by atoms with van der Waals surface area (Å²) in [5.74, 6) is 0.0659. The van der Waals surface area contributed by atoms with E-state index in [-0.39, 0.29) is 5.78 Å². The van der Waals surface area contributed by atoms with Crippen molar-refractivity contribution in [3.8, 4) is 0 Å². The van der Waals surface area contributed by atoms with Gasteiger partial charge < -0.3 is 4.57 Å². The fourth-order valence-corrected chi connectivity index (χ4v) is 2.72. The molecule has 0 atom stereocenters. The van der Waals surface area contributed by atoms with Gasteiger partial charge >= 0.3 is 0 Å². The second kappa shape index (κ2) is 7.14. The van der Waals surface area contributed by atoms with Crippen molar-refractivity contribution in [1.82, 2.24) is 4.57 Å². The molecule has 0 aliphatic heterocycles. The third-order valence-electron chi connectivity index (χ3n) is 3.99. The summed E-state index contributed by atoms with van der Waals surface area (Å²) >= 11 is 0. The Morgan fingerprint density at radius 2 is 1.67 bits per heavy atom. The molecule has 0 bridgehead atoms. The maximum absolute atomic E-state index is 12.8. The predicted molar refractivity (Wildman–Crippen MR) is 99.3 cm³/mol. The maximum atomic E-state index is 12.8. The number of aromatic nitrogens is 1. The van der Waals surface area contributed by atoms with Crippen LogP contribution in [0.5, 0.6) is 0 Å². The summed E-state index contributed by atoms with van der Waals surface area (Å²) in [6.45, 7) is 4.72. The molecule has 24 heavy (non-hydrogen) atoms. The van der Waals surface area contributed by atoms with Crippen molar-refractivity contribution in [3.63, 3.8) is 0 Å². The maximum Gasteiger partial charge on any atom is 0.209 e. The Balaban J connectivity index is 1.81. The molecule has 0 saturated heterocycles. The minimum absolute atomic E-state index is 0.0659. The van der Waals surface area contributed by atoms with Gasteiger partial charge in [0.05, 0.1) is 5.69 Å². The lowest BCUT2D eigenvalue weighted by Crippen LogP contribution is -2.09. The van der Waals surface area contributed by atoms with Crippen molar-refractivity contribution >= 4 is 11.9 Å². The number of carbonyl (C=O) groups excluding carboxylic acids is 1. The molecule has 0 amide bonds. The Morgan fingerprint density at radius 3 is 2.38 bits per heavy atom. The minimum Gasteiger partial charge on any atom is -0.341 e. The molecule has 0 radical (unpaired) electrons. The first-order chi connectivity index (χ1) is 11.6. The lowest BCUT2D eigenvalue weighted by atomic mass is 10.1. The van der Waals surface area contributed by atoms with Gasteiger partial charge in [0.25, 0.3) is 0 Å². The van der Waals surface area contributed by atoms with Crippen LogP contribution in [-0.4, -0.2) is 10.4 Å². The average Bonchev–Trinajstić information content (AvgIpc) is 2.96. The molecule has 0 spiro atoms. The molecule has 3 aromatic rings. The molecule has 0 N–H and O–H groups in total. The number of carbonyl (C=O) groups is 1. The molecule has 1 aromatic heterocycles. The van der Waals surface area contributed by atoms with E-state index >= 15 is 0 Å². The fraction of sp³-hybridized carbons (Fsp3) is 0.136. The van der Waals surface area contributed by atoms with Crippen LogP contribution in [0.1, 0.15) is 32.7 Å². The molecule has 2 aromatic carbocycles. The van der Waals surface area contributed by atoms with Crippen LogP contribution in [0, 0.1) is 13.8 Å². The Labute approximate surface area is 143 Å². The highest BCUT2D eigenvalue weighted by Crippen LogP contribution is 2.15. The van der Waals surface area contributed by atoms with Gasteiger partial charge in [-0.1, -0.05) is 72.3 Å². The van der Waals surface area contributed by atoms with E-state index in [4.69, 9.17) is 0 Å². The zero-order valence-electron chi connectivity index (χ0n) is 14.1. The van der Waals surface area contributed by atoms with Gasteiger partial charge in [0.2, 0.25) is 5.78 Å². The molecule has 2 nitrogen and oxygen atoms in total. The summed E-state index contributed by atoms with van der Waals surface area (Å²) in [6, 6.07) is 19.9. The number of allylic oxidation sites excluding steroid dienone is 1. The number of benzene rings is 2. The summed E-state index contributed by atoms with van der Waals surface area (Å²) in [5, 5.41) is 0. The number of nitrogens with zero attached hydrogens (tertiary/aromatic N) is 1. The van der Waals surface area contributed by atoms with Gasteiger partial charge in [0.15, 0.2) is 0 Å². The first-order valence-electron chi connectivity index (χ1n) is 8.13. The van der Waals surface area contributed by atoms with Crippen LogP contribution in [0.4, 0.5) is 0 Å². The molecule has 120 valence electrons. The summed E-state index contributed by atoms with van der Waals surface area (Å²) in [4.78, 5) is 12.8. The van der Waals surface area contributed by atoms with Crippen LogP contribution in [0.25, 0.3) is 6.08 Å². The second-order valence-electron chi connectivity index (χ2n) is 6.06. The third kappa shape index (κ3) is 3.72. The van der Waals surface area contributed by atoms with Crippen LogP contribution < -0.4 is 0 Å². The topological polar surface area (TPSA) is 22.0 Å². The average molecular weight is 315 g/mol. The first-order valence-corrected chi connectivity index (χ1v) is 8.13. The number of aryl methyl sites for hydroxylation is 2. The van der Waals surface area contributed by atoms with E-state index in [1.807, 2.05) is 73.1 Å². The van der Waals surface area contributed by atoms with E-state index in [9.17, 15) is 4.79 Å². The molecule has 0 aliphatic carbocycles. The van der Waals surface area contributed by atoms with Gasteiger partial charge in [0, 0.05) is 18.3 Å². The van der Waals surface area contributed by atoms with Crippen molar-refractivity contribution in [2.45, 2.75) is 20.4 Å². The summed E-state index contributed by atoms with van der Waals surface area (Å²) < 4.78 is 2.01. The number of hydrogen-bond acceptors (Lipinski definition) is 1. The van der Waals surface area contributed by atoms with E-state index in [1.165, 1.54) is 0 Å². The van der Waals surface area contributed by atoms with Gasteiger partial charge in [0.1, 0.15) is 0 Å². The minimum atomic E-state index is 0.0659. The Bertz CT molecular complexity index is 855. The van der Waals surface area contributed by atoms with E-state index in [0.717, 1.165) is 27.9 Å². The molecule has 0 aliphatic rings. The largest absolute Gasteiger partial charge is 0.341 e. The van der Waals surface area contributed by atoms with Crippen molar-refractivity contribution < 1.29 is 4.79 Å². The van der Waals surface area contributed by atoms with Gasteiger partial charge in [-0.3, -0.25) is 4.79 Å². The zero-order chi connectivity index (χ0) is 16.9. The van der Waals surface area contributed by atoms with E-state index in [0.29, 0.717) is 6.54 Å². The Kier molecular flexibility index (Phi) is 4.76. The molecule has 0 unspecified atom stereocenters. The molecule has 3 rings (SSSR count).